The summed E-state index contributed by atoms with van der Waals surface area (Å²) in [5.41, 5.74) is 10.0. The van der Waals surface area contributed by atoms with E-state index in [0.29, 0.717) is 0 Å². The summed E-state index contributed by atoms with van der Waals surface area (Å²) in [6.45, 7) is 0. The Morgan fingerprint density at radius 2 is 1.93 bits per heavy atom. The smallest absolute Gasteiger partial charge is 0.240 e. The van der Waals surface area contributed by atoms with Gasteiger partial charge in [-0.15, -0.1) is 10.2 Å². The molecule has 0 saturated carbocycles. The van der Waals surface area contributed by atoms with Crippen molar-refractivity contribution < 1.29 is 0 Å². The van der Waals surface area contributed by atoms with Gasteiger partial charge in [-0.1, -0.05) is 6.07 Å². The van der Waals surface area contributed by atoms with Crippen LogP contribution in [0, 0.1) is 0 Å². The van der Waals surface area contributed by atoms with Crippen LogP contribution in [0.25, 0.3) is 11.0 Å². The van der Waals surface area contributed by atoms with Crippen LogP contribution in [0.5, 0.6) is 0 Å². The van der Waals surface area contributed by atoms with Gasteiger partial charge in [0.2, 0.25) is 5.95 Å². The van der Waals surface area contributed by atoms with Crippen LogP contribution in [0.2, 0.25) is 0 Å². The van der Waals surface area contributed by atoms with Crippen molar-refractivity contribution >= 4 is 17.0 Å². The standard InChI is InChI=1S/C11H12N4/c12-11-13-9-6-5-7-3-1-2-4-8(7)10(9)14-15-11/h5-6H,1-4H2,(H2,12,13,15). The minimum absolute atomic E-state index is 0.248. The SMILES string of the molecule is Nc1nnc2c3c(ccc2n1)CCCC3. The van der Waals surface area contributed by atoms with E-state index in [2.05, 4.69) is 21.2 Å². The zero-order chi connectivity index (χ0) is 10.3. The topological polar surface area (TPSA) is 64.7 Å². The van der Waals surface area contributed by atoms with Crippen LogP contribution < -0.4 is 5.73 Å². The number of hydrogen-bond donors (Lipinski definition) is 1. The first-order valence-corrected chi connectivity index (χ1v) is 5.25. The molecule has 0 amide bonds. The summed E-state index contributed by atoms with van der Waals surface area (Å²) in [5, 5.41) is 7.99. The Morgan fingerprint density at radius 3 is 2.87 bits per heavy atom. The van der Waals surface area contributed by atoms with E-state index in [0.717, 1.165) is 23.9 Å². The van der Waals surface area contributed by atoms with Gasteiger partial charge in [0.15, 0.2) is 0 Å². The molecule has 1 aliphatic rings. The summed E-state index contributed by atoms with van der Waals surface area (Å²) in [7, 11) is 0. The molecule has 1 aromatic heterocycles. The highest BCUT2D eigenvalue weighted by Crippen LogP contribution is 2.26. The van der Waals surface area contributed by atoms with Gasteiger partial charge in [0.25, 0.3) is 0 Å². The molecule has 3 rings (SSSR count). The highest BCUT2D eigenvalue weighted by molar-refractivity contribution is 5.79. The lowest BCUT2D eigenvalue weighted by molar-refractivity contribution is 0.688. The van der Waals surface area contributed by atoms with E-state index < -0.39 is 0 Å². The zero-order valence-corrected chi connectivity index (χ0v) is 8.40. The number of anilines is 1. The van der Waals surface area contributed by atoms with Gasteiger partial charge in [-0.2, -0.15) is 0 Å². The molecule has 76 valence electrons. The number of aromatic nitrogens is 3. The molecule has 0 spiro atoms. The molecule has 15 heavy (non-hydrogen) atoms. The van der Waals surface area contributed by atoms with E-state index in [-0.39, 0.29) is 5.95 Å². The molecule has 0 saturated heterocycles. The van der Waals surface area contributed by atoms with Crippen LogP contribution in [-0.2, 0) is 12.8 Å². The molecular weight excluding hydrogens is 188 g/mol. The number of hydrogen-bond acceptors (Lipinski definition) is 4. The van der Waals surface area contributed by atoms with E-state index in [1.54, 1.807) is 0 Å². The fourth-order valence-corrected chi connectivity index (χ4v) is 2.24. The van der Waals surface area contributed by atoms with Gasteiger partial charge in [-0.25, -0.2) is 4.98 Å². The van der Waals surface area contributed by atoms with Gasteiger partial charge < -0.3 is 5.73 Å². The van der Waals surface area contributed by atoms with Gasteiger partial charge in [0, 0.05) is 0 Å². The van der Waals surface area contributed by atoms with Crippen molar-refractivity contribution in [3.05, 3.63) is 23.3 Å². The molecule has 2 N–H and O–H groups in total. The first-order valence-electron chi connectivity index (χ1n) is 5.25. The fraction of sp³-hybridized carbons (Fsp3) is 0.364. The molecule has 1 aliphatic carbocycles. The molecular formula is C11H12N4. The highest BCUT2D eigenvalue weighted by atomic mass is 15.2. The van der Waals surface area contributed by atoms with Crippen LogP contribution in [0.4, 0.5) is 5.95 Å². The first-order chi connectivity index (χ1) is 7.34. The summed E-state index contributed by atoms with van der Waals surface area (Å²) in [6, 6.07) is 4.13. The normalized spacial score (nSPS) is 15.2. The summed E-state index contributed by atoms with van der Waals surface area (Å²) >= 11 is 0. The second kappa shape index (κ2) is 3.15. The Morgan fingerprint density at radius 1 is 1.07 bits per heavy atom. The van der Waals surface area contributed by atoms with Crippen molar-refractivity contribution in [2.24, 2.45) is 0 Å². The van der Waals surface area contributed by atoms with E-state index in [1.807, 2.05) is 6.07 Å². The van der Waals surface area contributed by atoms with Crippen LogP contribution >= 0.6 is 0 Å². The number of benzene rings is 1. The molecule has 0 fully saturated rings. The average molecular weight is 200 g/mol. The van der Waals surface area contributed by atoms with Gasteiger partial charge >= 0.3 is 0 Å². The van der Waals surface area contributed by atoms with Crippen molar-refractivity contribution in [3.8, 4) is 0 Å². The van der Waals surface area contributed by atoms with Gasteiger partial charge in [0.1, 0.15) is 5.52 Å². The molecule has 1 heterocycles. The molecule has 4 nitrogen and oxygen atoms in total. The van der Waals surface area contributed by atoms with E-state index in [9.17, 15) is 0 Å². The fourth-order valence-electron chi connectivity index (χ4n) is 2.24. The molecule has 4 heteroatoms. The predicted molar refractivity (Wildman–Crippen MR) is 58.4 cm³/mol. The molecule has 0 atom stereocenters. The van der Waals surface area contributed by atoms with Crippen LogP contribution in [0.15, 0.2) is 12.1 Å². The number of nitrogens with two attached hydrogens (primary N) is 1. The van der Waals surface area contributed by atoms with E-state index in [1.165, 1.54) is 24.0 Å². The number of fused-ring (bicyclic) bond motifs is 3. The minimum Gasteiger partial charge on any atom is -0.366 e. The third-order valence-corrected chi connectivity index (χ3v) is 2.97. The number of nitrogen functional groups attached to an aromatic ring is 1. The lowest BCUT2D eigenvalue weighted by atomic mass is 9.91. The molecule has 0 radical (unpaired) electrons. The van der Waals surface area contributed by atoms with E-state index >= 15 is 0 Å². The lowest BCUT2D eigenvalue weighted by Crippen LogP contribution is -2.06. The summed E-state index contributed by atoms with van der Waals surface area (Å²) in [6.07, 6.45) is 4.75. The Kier molecular flexibility index (Phi) is 1.80. The Labute approximate surface area is 87.5 Å². The first kappa shape index (κ1) is 8.59. The molecule has 0 unspecified atom stereocenters. The maximum absolute atomic E-state index is 5.52. The lowest BCUT2D eigenvalue weighted by Gasteiger charge is -2.16. The second-order valence-electron chi connectivity index (χ2n) is 3.95. The Hall–Kier alpha value is -1.71. The van der Waals surface area contributed by atoms with Gasteiger partial charge in [-0.05, 0) is 42.9 Å². The molecule has 0 bridgehead atoms. The number of aryl methyl sites for hydroxylation is 2. The molecule has 2 aromatic rings. The van der Waals surface area contributed by atoms with Crippen molar-refractivity contribution in [1.29, 1.82) is 0 Å². The third kappa shape index (κ3) is 1.33. The number of rotatable bonds is 0. The van der Waals surface area contributed by atoms with Crippen LogP contribution in [-0.4, -0.2) is 15.2 Å². The predicted octanol–water partition coefficient (Wildman–Crippen LogP) is 1.49. The third-order valence-electron chi connectivity index (χ3n) is 2.97. The highest BCUT2D eigenvalue weighted by Gasteiger charge is 2.14. The van der Waals surface area contributed by atoms with Crippen molar-refractivity contribution in [1.82, 2.24) is 15.2 Å². The summed E-state index contributed by atoms with van der Waals surface area (Å²) in [4.78, 5) is 4.19. The average Bonchev–Trinajstić information content (AvgIpc) is 2.28. The summed E-state index contributed by atoms with van der Waals surface area (Å²) < 4.78 is 0. The largest absolute Gasteiger partial charge is 0.366 e. The maximum Gasteiger partial charge on any atom is 0.240 e. The number of nitrogens with zero attached hydrogens (tertiary/aromatic N) is 3. The second-order valence-corrected chi connectivity index (χ2v) is 3.95. The van der Waals surface area contributed by atoms with Gasteiger partial charge in [-0.3, -0.25) is 0 Å². The molecule has 1 aromatic carbocycles. The van der Waals surface area contributed by atoms with E-state index in [4.69, 9.17) is 5.73 Å². The van der Waals surface area contributed by atoms with Crippen molar-refractivity contribution in [2.75, 3.05) is 5.73 Å². The molecule has 0 aliphatic heterocycles. The van der Waals surface area contributed by atoms with Gasteiger partial charge in [0.05, 0.1) is 5.52 Å². The Bertz CT molecular complexity index is 521. The van der Waals surface area contributed by atoms with Crippen molar-refractivity contribution in [3.63, 3.8) is 0 Å². The maximum atomic E-state index is 5.52. The monoisotopic (exact) mass is 200 g/mol. The summed E-state index contributed by atoms with van der Waals surface area (Å²) in [5.74, 6) is 0.248. The zero-order valence-electron chi connectivity index (χ0n) is 8.40. The minimum atomic E-state index is 0.248. The van der Waals surface area contributed by atoms with Crippen molar-refractivity contribution in [2.45, 2.75) is 25.7 Å². The quantitative estimate of drug-likeness (QED) is 0.699. The Balaban J connectivity index is 2.32. The van der Waals surface area contributed by atoms with Crippen LogP contribution in [0.3, 0.4) is 0 Å². The van der Waals surface area contributed by atoms with Crippen LogP contribution in [0.1, 0.15) is 24.0 Å².